The smallest absolute Gasteiger partial charge is 0.423 e. The van der Waals surface area contributed by atoms with Gasteiger partial charge in [0.25, 0.3) is 0 Å². The molecule has 0 bridgehead atoms. The van der Waals surface area contributed by atoms with Gasteiger partial charge in [0, 0.05) is 13.4 Å². The van der Waals surface area contributed by atoms with E-state index in [1.807, 2.05) is 0 Å². The van der Waals surface area contributed by atoms with Crippen LogP contribution in [0.5, 0.6) is 0 Å². The van der Waals surface area contributed by atoms with Crippen LogP contribution in [-0.2, 0) is 0 Å². The van der Waals surface area contributed by atoms with Crippen molar-refractivity contribution in [2.75, 3.05) is 0 Å². The summed E-state index contributed by atoms with van der Waals surface area (Å²) in [5, 5.41) is 27.6. The van der Waals surface area contributed by atoms with Crippen molar-refractivity contribution in [3.8, 4) is 11.1 Å². The fourth-order valence-corrected chi connectivity index (χ4v) is 6.79. The normalized spacial score (nSPS) is 10.7. The quantitative estimate of drug-likeness (QED) is 0.135. The minimum atomic E-state index is -1.37. The monoisotopic (exact) mass is 788 g/mol. The first-order chi connectivity index (χ1) is 22.4. The van der Waals surface area contributed by atoms with Gasteiger partial charge in [-0.05, 0) is 112 Å². The maximum Gasteiger partial charge on any atom is 0.488 e. The number of hydrogen-bond donors (Lipinski definition) is 2. The summed E-state index contributed by atoms with van der Waals surface area (Å²) in [5.41, 5.74) is 3.07. The largest absolute Gasteiger partial charge is 0.488 e. The van der Waals surface area contributed by atoms with Crippen molar-refractivity contribution in [1.82, 2.24) is 0 Å². The van der Waals surface area contributed by atoms with Crippen LogP contribution in [0.3, 0.4) is 0 Å². The second kappa shape index (κ2) is 14.8. The van der Waals surface area contributed by atoms with E-state index in [1.54, 1.807) is 24.3 Å². The second-order valence-corrected chi connectivity index (χ2v) is 13.4. The maximum absolute atomic E-state index is 8.65. The molecule has 0 unspecified atom stereocenters. The van der Waals surface area contributed by atoms with Crippen LogP contribution in [0.25, 0.3) is 54.2 Å². The van der Waals surface area contributed by atoms with Gasteiger partial charge in [0.15, 0.2) is 0 Å². The van der Waals surface area contributed by atoms with E-state index in [0.717, 1.165) is 8.95 Å². The molecule has 0 saturated carbocycles. The fourth-order valence-electron chi connectivity index (χ4n) is 5.53. The molecule has 2 N–H and O–H groups in total. The van der Waals surface area contributed by atoms with Gasteiger partial charge >= 0.3 is 7.12 Å². The third kappa shape index (κ3) is 7.28. The molecule has 0 fully saturated rings. The molecule has 2 nitrogen and oxygen atoms in total. The first-order valence-corrected chi connectivity index (χ1v) is 17.1. The molecule has 46 heavy (non-hydrogen) atoms. The Hall–Kier alpha value is -3.78. The zero-order valence-corrected chi connectivity index (χ0v) is 29.4. The Kier molecular flexibility index (Phi) is 10.3. The standard InChI is InChI=1S/C20H13Br.C14H9Br.C6H6BBrO2/c21-17-11-9-14(10-12-17)20-18-7-3-1-5-15(18)13-16-6-2-4-8-19(16)20;15-14-12-7-3-1-5-10(12)9-11-6-2-4-8-13(11)14;8-6-3-1-5(2-4-6)7(9)10/h1-13H;1-9H;1-4,9-10H. The fraction of sp³-hybridized carbons (Fsp3) is 0. The molecule has 0 spiro atoms. The molecule has 224 valence electrons. The van der Waals surface area contributed by atoms with Crippen molar-refractivity contribution < 1.29 is 10.0 Å². The molecule has 0 aliphatic rings. The minimum absolute atomic E-state index is 0.503. The summed E-state index contributed by atoms with van der Waals surface area (Å²) in [6.07, 6.45) is 0. The van der Waals surface area contributed by atoms with Crippen molar-refractivity contribution in [2.45, 2.75) is 0 Å². The van der Waals surface area contributed by atoms with E-state index in [1.165, 1.54) is 58.7 Å². The van der Waals surface area contributed by atoms with Crippen LogP contribution in [0.4, 0.5) is 0 Å². The van der Waals surface area contributed by atoms with Crippen LogP contribution in [0.15, 0.2) is 171 Å². The second-order valence-electron chi connectivity index (χ2n) is 10.8. The molecule has 0 atom stereocenters. The first-order valence-electron chi connectivity index (χ1n) is 14.7. The minimum Gasteiger partial charge on any atom is -0.423 e. The van der Waals surface area contributed by atoms with E-state index < -0.39 is 7.12 Å². The van der Waals surface area contributed by atoms with Crippen molar-refractivity contribution >= 4 is 103 Å². The molecular weight excluding hydrogens is 763 g/mol. The highest BCUT2D eigenvalue weighted by atomic mass is 79.9. The highest BCUT2D eigenvalue weighted by Crippen LogP contribution is 2.37. The lowest BCUT2D eigenvalue weighted by Gasteiger charge is -2.12. The van der Waals surface area contributed by atoms with Crippen LogP contribution < -0.4 is 5.46 Å². The molecule has 0 aliphatic carbocycles. The molecule has 0 aromatic heterocycles. The Bertz CT molecular complexity index is 2160. The summed E-state index contributed by atoms with van der Waals surface area (Å²) in [6, 6.07) is 54.0. The Morgan fingerprint density at radius 2 is 0.739 bits per heavy atom. The summed E-state index contributed by atoms with van der Waals surface area (Å²) in [5.74, 6) is 0. The van der Waals surface area contributed by atoms with Crippen molar-refractivity contribution in [3.05, 3.63) is 171 Å². The number of halogens is 3. The molecule has 8 aromatic rings. The average Bonchev–Trinajstić information content (AvgIpc) is 3.09. The number of benzene rings is 8. The molecule has 0 radical (unpaired) electrons. The molecule has 8 rings (SSSR count). The third-order valence-electron chi connectivity index (χ3n) is 7.78. The van der Waals surface area contributed by atoms with Gasteiger partial charge in [-0.1, -0.05) is 153 Å². The van der Waals surface area contributed by atoms with Crippen LogP contribution >= 0.6 is 47.8 Å². The van der Waals surface area contributed by atoms with Gasteiger partial charge in [0.1, 0.15) is 0 Å². The first kappa shape index (κ1) is 32.2. The molecule has 0 heterocycles. The van der Waals surface area contributed by atoms with Crippen LogP contribution in [0.1, 0.15) is 0 Å². The topological polar surface area (TPSA) is 40.5 Å². The SMILES string of the molecule is Brc1c2ccccc2cc2ccccc12.Brc1ccc(-c2c3ccccc3cc3ccccc23)cc1.OB(O)c1ccc(Br)cc1. The Morgan fingerprint density at radius 1 is 0.391 bits per heavy atom. The predicted molar refractivity (Wildman–Crippen MR) is 208 cm³/mol. The Labute approximate surface area is 293 Å². The van der Waals surface area contributed by atoms with Gasteiger partial charge in [-0.15, -0.1) is 0 Å². The maximum atomic E-state index is 8.65. The van der Waals surface area contributed by atoms with Gasteiger partial charge in [-0.25, -0.2) is 0 Å². The van der Waals surface area contributed by atoms with Gasteiger partial charge in [-0.3, -0.25) is 0 Å². The summed E-state index contributed by atoms with van der Waals surface area (Å²) >= 11 is 10.4. The van der Waals surface area contributed by atoms with E-state index in [2.05, 4.69) is 181 Å². The number of fused-ring (bicyclic) bond motifs is 4. The molecular formula is C40H28BBr3O2. The van der Waals surface area contributed by atoms with Crippen LogP contribution in [0.2, 0.25) is 0 Å². The highest BCUT2D eigenvalue weighted by molar-refractivity contribution is 9.11. The van der Waals surface area contributed by atoms with E-state index in [-0.39, 0.29) is 0 Å². The molecule has 8 aromatic carbocycles. The lowest BCUT2D eigenvalue weighted by atomic mass is 9.81. The van der Waals surface area contributed by atoms with Gasteiger partial charge < -0.3 is 10.0 Å². The Morgan fingerprint density at radius 3 is 1.15 bits per heavy atom. The summed E-state index contributed by atoms with van der Waals surface area (Å²) in [4.78, 5) is 0. The van der Waals surface area contributed by atoms with Crippen molar-refractivity contribution in [1.29, 1.82) is 0 Å². The van der Waals surface area contributed by atoms with E-state index in [0.29, 0.717) is 5.46 Å². The highest BCUT2D eigenvalue weighted by Gasteiger charge is 2.10. The van der Waals surface area contributed by atoms with Gasteiger partial charge in [-0.2, -0.15) is 0 Å². The summed E-state index contributed by atoms with van der Waals surface area (Å²) in [6.45, 7) is 0. The predicted octanol–water partition coefficient (Wildman–Crippen LogP) is 11.3. The Balaban J connectivity index is 0.000000130. The zero-order valence-electron chi connectivity index (χ0n) is 24.6. The third-order valence-corrected chi connectivity index (χ3v) is 9.69. The lowest BCUT2D eigenvalue weighted by molar-refractivity contribution is 0.426. The number of hydrogen-bond acceptors (Lipinski definition) is 2. The molecule has 6 heteroatoms. The van der Waals surface area contributed by atoms with Crippen LogP contribution in [-0.4, -0.2) is 17.2 Å². The average molecular weight is 791 g/mol. The van der Waals surface area contributed by atoms with Crippen LogP contribution in [0, 0.1) is 0 Å². The molecule has 0 amide bonds. The number of rotatable bonds is 2. The van der Waals surface area contributed by atoms with Crippen molar-refractivity contribution in [2.24, 2.45) is 0 Å². The van der Waals surface area contributed by atoms with E-state index in [9.17, 15) is 0 Å². The van der Waals surface area contributed by atoms with E-state index >= 15 is 0 Å². The zero-order chi connectivity index (χ0) is 32.0. The molecule has 0 aliphatic heterocycles. The summed E-state index contributed by atoms with van der Waals surface area (Å²) in [7, 11) is -1.37. The lowest BCUT2D eigenvalue weighted by Crippen LogP contribution is -2.29. The van der Waals surface area contributed by atoms with Gasteiger partial charge in [0.05, 0.1) is 0 Å². The summed E-state index contributed by atoms with van der Waals surface area (Å²) < 4.78 is 3.23. The van der Waals surface area contributed by atoms with Gasteiger partial charge in [0.2, 0.25) is 0 Å². The molecule has 0 saturated heterocycles. The van der Waals surface area contributed by atoms with Crippen molar-refractivity contribution in [3.63, 3.8) is 0 Å². The van der Waals surface area contributed by atoms with E-state index in [4.69, 9.17) is 10.0 Å².